The van der Waals surface area contributed by atoms with Gasteiger partial charge in [-0.25, -0.2) is 0 Å². The van der Waals surface area contributed by atoms with Crippen LogP contribution in [0.3, 0.4) is 0 Å². The predicted molar refractivity (Wildman–Crippen MR) is 77.5 cm³/mol. The molecule has 19 heavy (non-hydrogen) atoms. The Bertz CT molecular complexity index is 548. The summed E-state index contributed by atoms with van der Waals surface area (Å²) in [5.74, 6) is 0. The summed E-state index contributed by atoms with van der Waals surface area (Å²) in [5, 5.41) is 0. The van der Waals surface area contributed by atoms with Crippen LogP contribution in [0.25, 0.3) is 0 Å². The van der Waals surface area contributed by atoms with Gasteiger partial charge in [0.25, 0.3) is 0 Å². The molecule has 3 rings (SSSR count). The van der Waals surface area contributed by atoms with Gasteiger partial charge >= 0.3 is 0 Å². The van der Waals surface area contributed by atoms with Gasteiger partial charge in [-0.05, 0) is 11.1 Å². The average Bonchev–Trinajstić information content (AvgIpc) is 2.96. The third-order valence-electron chi connectivity index (χ3n) is 3.34. The molecular formula is C17H17NO. The fraction of sp³-hybridized carbons (Fsp3) is 0.235. The molecule has 0 fully saturated rings. The lowest BCUT2D eigenvalue weighted by atomic mass is 10.1. The molecule has 1 heterocycles. The number of nitrogens with zero attached hydrogens (tertiary/aromatic N) is 1. The smallest absolute Gasteiger partial charge is 0.0830 e. The molecule has 0 aliphatic carbocycles. The highest BCUT2D eigenvalue weighted by Crippen LogP contribution is 2.17. The Hall–Kier alpha value is -1.93. The molecule has 0 saturated heterocycles. The van der Waals surface area contributed by atoms with Gasteiger partial charge in [0.1, 0.15) is 0 Å². The Morgan fingerprint density at radius 3 is 2.37 bits per heavy atom. The zero-order valence-electron chi connectivity index (χ0n) is 10.8. The molecule has 2 aromatic rings. The summed E-state index contributed by atoms with van der Waals surface area (Å²) in [6.45, 7) is 1.44. The van der Waals surface area contributed by atoms with Crippen molar-refractivity contribution in [2.45, 2.75) is 19.1 Å². The van der Waals surface area contributed by atoms with Crippen molar-refractivity contribution >= 4 is 5.71 Å². The highest BCUT2D eigenvalue weighted by Gasteiger charge is 2.20. The van der Waals surface area contributed by atoms with Crippen molar-refractivity contribution in [2.24, 2.45) is 4.99 Å². The average molecular weight is 251 g/mol. The fourth-order valence-corrected chi connectivity index (χ4v) is 2.30. The van der Waals surface area contributed by atoms with Gasteiger partial charge in [0, 0.05) is 12.1 Å². The summed E-state index contributed by atoms with van der Waals surface area (Å²) in [6.07, 6.45) is 1.13. The van der Waals surface area contributed by atoms with Crippen LogP contribution in [-0.2, 0) is 11.3 Å². The maximum atomic E-state index is 5.93. The van der Waals surface area contributed by atoms with Gasteiger partial charge in [-0.1, -0.05) is 60.7 Å². The number of hydrogen-bond donors (Lipinski definition) is 0. The Kier molecular flexibility index (Phi) is 3.70. The lowest BCUT2D eigenvalue weighted by molar-refractivity contribution is 0.0566. The van der Waals surface area contributed by atoms with Gasteiger partial charge in [0.15, 0.2) is 0 Å². The van der Waals surface area contributed by atoms with Crippen molar-refractivity contribution in [1.29, 1.82) is 0 Å². The van der Waals surface area contributed by atoms with E-state index in [-0.39, 0.29) is 6.10 Å². The number of hydrogen-bond acceptors (Lipinski definition) is 2. The normalized spacial score (nSPS) is 18.3. The molecule has 1 aliphatic rings. The van der Waals surface area contributed by atoms with E-state index in [0.717, 1.165) is 13.0 Å². The first-order chi connectivity index (χ1) is 9.42. The first-order valence-corrected chi connectivity index (χ1v) is 6.66. The highest BCUT2D eigenvalue weighted by atomic mass is 16.5. The Morgan fingerprint density at radius 2 is 1.63 bits per heavy atom. The van der Waals surface area contributed by atoms with E-state index in [2.05, 4.69) is 41.4 Å². The van der Waals surface area contributed by atoms with Crippen LogP contribution in [0.1, 0.15) is 17.5 Å². The summed E-state index contributed by atoms with van der Waals surface area (Å²) in [4.78, 5) is 4.59. The van der Waals surface area contributed by atoms with Crippen molar-refractivity contribution in [3.05, 3.63) is 71.8 Å². The minimum Gasteiger partial charge on any atom is -0.371 e. The second-order valence-electron chi connectivity index (χ2n) is 4.78. The maximum absolute atomic E-state index is 5.93. The van der Waals surface area contributed by atoms with Gasteiger partial charge in [0.2, 0.25) is 0 Å². The molecule has 0 amide bonds. The SMILES string of the molecule is c1ccc(COC2CN=C(c3ccccc3)C2)cc1. The maximum Gasteiger partial charge on any atom is 0.0830 e. The molecular weight excluding hydrogens is 234 g/mol. The molecule has 96 valence electrons. The van der Waals surface area contributed by atoms with Gasteiger partial charge in [-0.3, -0.25) is 4.99 Å². The first-order valence-electron chi connectivity index (χ1n) is 6.66. The number of ether oxygens (including phenoxy) is 1. The fourth-order valence-electron chi connectivity index (χ4n) is 2.30. The van der Waals surface area contributed by atoms with Crippen molar-refractivity contribution in [3.63, 3.8) is 0 Å². The molecule has 0 saturated carbocycles. The molecule has 0 N–H and O–H groups in total. The second-order valence-corrected chi connectivity index (χ2v) is 4.78. The largest absolute Gasteiger partial charge is 0.371 e. The third kappa shape index (κ3) is 3.09. The summed E-state index contributed by atoms with van der Waals surface area (Å²) in [6, 6.07) is 20.6. The van der Waals surface area contributed by atoms with Crippen molar-refractivity contribution in [1.82, 2.24) is 0 Å². The monoisotopic (exact) mass is 251 g/mol. The van der Waals surface area contributed by atoms with Crippen LogP contribution in [0.15, 0.2) is 65.7 Å². The van der Waals surface area contributed by atoms with Crippen molar-refractivity contribution in [3.8, 4) is 0 Å². The summed E-state index contributed by atoms with van der Waals surface area (Å²) in [7, 11) is 0. The number of benzene rings is 2. The Labute approximate surface area is 113 Å². The van der Waals surface area contributed by atoms with Gasteiger partial charge in [-0.15, -0.1) is 0 Å². The van der Waals surface area contributed by atoms with E-state index < -0.39 is 0 Å². The van der Waals surface area contributed by atoms with E-state index >= 15 is 0 Å². The summed E-state index contributed by atoms with van der Waals surface area (Å²) < 4.78 is 5.93. The van der Waals surface area contributed by atoms with Gasteiger partial charge in [0.05, 0.1) is 19.3 Å². The van der Waals surface area contributed by atoms with Crippen LogP contribution in [0, 0.1) is 0 Å². The van der Waals surface area contributed by atoms with Gasteiger partial charge in [-0.2, -0.15) is 0 Å². The van der Waals surface area contributed by atoms with Crippen LogP contribution in [-0.4, -0.2) is 18.4 Å². The van der Waals surface area contributed by atoms with Crippen LogP contribution >= 0.6 is 0 Å². The molecule has 2 heteroatoms. The lowest BCUT2D eigenvalue weighted by Crippen LogP contribution is -2.14. The van der Waals surface area contributed by atoms with E-state index in [1.165, 1.54) is 16.8 Å². The van der Waals surface area contributed by atoms with Crippen molar-refractivity contribution < 1.29 is 4.74 Å². The minimum atomic E-state index is 0.218. The quantitative estimate of drug-likeness (QED) is 0.815. The zero-order chi connectivity index (χ0) is 12.9. The van der Waals surface area contributed by atoms with Crippen LogP contribution < -0.4 is 0 Å². The Balaban J connectivity index is 1.54. The lowest BCUT2D eigenvalue weighted by Gasteiger charge is -2.10. The van der Waals surface area contributed by atoms with E-state index in [1.807, 2.05) is 24.3 Å². The highest BCUT2D eigenvalue weighted by molar-refractivity contribution is 6.01. The molecule has 0 spiro atoms. The van der Waals surface area contributed by atoms with Crippen molar-refractivity contribution in [2.75, 3.05) is 6.54 Å². The number of rotatable bonds is 4. The van der Waals surface area contributed by atoms with E-state index in [4.69, 9.17) is 4.74 Å². The standard InChI is InChI=1S/C17H17NO/c1-3-7-14(8-4-1)13-19-16-11-17(18-12-16)15-9-5-2-6-10-15/h1-10,16H,11-13H2. The zero-order valence-corrected chi connectivity index (χ0v) is 10.8. The number of aliphatic imine (C=N–C) groups is 1. The second kappa shape index (κ2) is 5.81. The predicted octanol–water partition coefficient (Wildman–Crippen LogP) is 3.46. The summed E-state index contributed by atoms with van der Waals surface area (Å²) in [5.41, 5.74) is 3.60. The Morgan fingerprint density at radius 1 is 0.947 bits per heavy atom. The molecule has 0 radical (unpaired) electrons. The molecule has 0 aromatic heterocycles. The van der Waals surface area contributed by atoms with E-state index in [9.17, 15) is 0 Å². The first kappa shape index (κ1) is 12.1. The topological polar surface area (TPSA) is 21.6 Å². The minimum absolute atomic E-state index is 0.218. The van der Waals surface area contributed by atoms with Crippen LogP contribution in [0.4, 0.5) is 0 Å². The molecule has 1 atom stereocenters. The van der Waals surface area contributed by atoms with Crippen LogP contribution in [0.2, 0.25) is 0 Å². The van der Waals surface area contributed by atoms with Crippen LogP contribution in [0.5, 0.6) is 0 Å². The molecule has 2 nitrogen and oxygen atoms in total. The van der Waals surface area contributed by atoms with E-state index in [0.29, 0.717) is 6.61 Å². The molecule has 1 unspecified atom stereocenters. The molecule has 0 bridgehead atoms. The molecule has 1 aliphatic heterocycles. The van der Waals surface area contributed by atoms with E-state index in [1.54, 1.807) is 0 Å². The summed E-state index contributed by atoms with van der Waals surface area (Å²) >= 11 is 0. The molecule has 2 aromatic carbocycles. The third-order valence-corrected chi connectivity index (χ3v) is 3.34. The van der Waals surface area contributed by atoms with Gasteiger partial charge < -0.3 is 4.74 Å².